The molecule has 0 fully saturated rings. The van der Waals surface area contributed by atoms with Crippen LogP contribution in [-0.4, -0.2) is 27.1 Å². The second kappa shape index (κ2) is 5.29. The fourth-order valence-corrected chi connectivity index (χ4v) is 1.33. The van der Waals surface area contributed by atoms with E-state index in [1.54, 1.807) is 13.8 Å². The number of aliphatic carboxylic acids is 1. The van der Waals surface area contributed by atoms with E-state index in [1.165, 1.54) is 0 Å². The van der Waals surface area contributed by atoms with Gasteiger partial charge in [0.2, 0.25) is 5.95 Å². The Hall–Kier alpha value is -2.06. The summed E-state index contributed by atoms with van der Waals surface area (Å²) in [6, 6.07) is -0.859. The van der Waals surface area contributed by atoms with E-state index in [-0.39, 0.29) is 0 Å². The largest absolute Gasteiger partial charge is 0.480 e. The zero-order valence-corrected chi connectivity index (χ0v) is 10.1. The average molecular weight is 279 g/mol. The zero-order chi connectivity index (χ0) is 14.8. The third-order valence-corrected chi connectivity index (χ3v) is 2.26. The number of H-pyrrole nitrogens is 1. The fourth-order valence-electron chi connectivity index (χ4n) is 1.33. The van der Waals surface area contributed by atoms with Crippen LogP contribution < -0.4 is 10.9 Å². The summed E-state index contributed by atoms with van der Waals surface area (Å²) >= 11 is 0. The number of halogens is 3. The van der Waals surface area contributed by atoms with E-state index < -0.39 is 41.3 Å². The molecule has 3 N–H and O–H groups in total. The summed E-state index contributed by atoms with van der Waals surface area (Å²) in [7, 11) is 0. The molecular weight excluding hydrogens is 267 g/mol. The highest BCUT2D eigenvalue weighted by atomic mass is 19.4. The lowest BCUT2D eigenvalue weighted by molar-refractivity contribution is -0.141. The van der Waals surface area contributed by atoms with Crippen molar-refractivity contribution in [3.63, 3.8) is 0 Å². The molecule has 1 aromatic rings. The molecule has 9 heteroatoms. The van der Waals surface area contributed by atoms with Crippen molar-refractivity contribution in [2.75, 3.05) is 5.32 Å². The predicted octanol–water partition coefficient (Wildman–Crippen LogP) is 1.31. The van der Waals surface area contributed by atoms with Crippen molar-refractivity contribution < 1.29 is 23.1 Å². The Morgan fingerprint density at radius 1 is 1.47 bits per heavy atom. The molecule has 1 heterocycles. The molecule has 0 spiro atoms. The standard InChI is InChI=1S/C10H12F3N3O3/c1-4(2)7(8(18)19)16-9-14-5(10(11,12)13)3-6(17)15-9/h3-4,7H,1-2H3,(H,18,19)(H2,14,15,16,17). The van der Waals surface area contributed by atoms with E-state index in [4.69, 9.17) is 5.11 Å². The quantitative estimate of drug-likeness (QED) is 0.772. The van der Waals surface area contributed by atoms with Gasteiger partial charge in [0.15, 0.2) is 5.69 Å². The lowest BCUT2D eigenvalue weighted by Crippen LogP contribution is -2.36. The summed E-state index contributed by atoms with van der Waals surface area (Å²) in [4.78, 5) is 27.2. The summed E-state index contributed by atoms with van der Waals surface area (Å²) in [6.45, 7) is 3.13. The Balaban J connectivity index is 3.11. The van der Waals surface area contributed by atoms with Gasteiger partial charge in [0, 0.05) is 6.07 Å². The van der Waals surface area contributed by atoms with Crippen LogP contribution in [0, 0.1) is 5.92 Å². The van der Waals surface area contributed by atoms with E-state index in [9.17, 15) is 22.8 Å². The third-order valence-electron chi connectivity index (χ3n) is 2.26. The second-order valence-electron chi connectivity index (χ2n) is 4.18. The molecule has 19 heavy (non-hydrogen) atoms. The molecule has 6 nitrogen and oxygen atoms in total. The molecule has 106 valence electrons. The number of hydrogen-bond donors (Lipinski definition) is 3. The molecule has 0 radical (unpaired) electrons. The van der Waals surface area contributed by atoms with Crippen molar-refractivity contribution in [2.24, 2.45) is 5.92 Å². The van der Waals surface area contributed by atoms with Crippen LogP contribution in [0.3, 0.4) is 0 Å². The minimum absolute atomic E-state index is 0.302. The second-order valence-corrected chi connectivity index (χ2v) is 4.18. The van der Waals surface area contributed by atoms with Crippen LogP contribution in [0.2, 0.25) is 0 Å². The van der Waals surface area contributed by atoms with Gasteiger partial charge < -0.3 is 10.4 Å². The number of aromatic amines is 1. The Labute approximate surface area is 105 Å². The van der Waals surface area contributed by atoms with Crippen molar-refractivity contribution in [2.45, 2.75) is 26.1 Å². The number of carbonyl (C=O) groups is 1. The predicted molar refractivity (Wildman–Crippen MR) is 59.7 cm³/mol. The van der Waals surface area contributed by atoms with E-state index in [1.807, 2.05) is 4.98 Å². The van der Waals surface area contributed by atoms with Crippen molar-refractivity contribution in [1.29, 1.82) is 0 Å². The molecule has 0 aromatic carbocycles. The number of carboxylic acid groups (broad SMARTS) is 1. The lowest BCUT2D eigenvalue weighted by Gasteiger charge is -2.18. The van der Waals surface area contributed by atoms with Crippen LogP contribution in [0.25, 0.3) is 0 Å². The Morgan fingerprint density at radius 3 is 2.47 bits per heavy atom. The highest BCUT2D eigenvalue weighted by Gasteiger charge is 2.34. The maximum atomic E-state index is 12.4. The van der Waals surface area contributed by atoms with Gasteiger partial charge in [-0.05, 0) is 5.92 Å². The van der Waals surface area contributed by atoms with Crippen LogP contribution >= 0.6 is 0 Å². The van der Waals surface area contributed by atoms with E-state index >= 15 is 0 Å². The van der Waals surface area contributed by atoms with Crippen LogP contribution in [0.1, 0.15) is 19.5 Å². The third kappa shape index (κ3) is 3.97. The number of rotatable bonds is 4. The average Bonchev–Trinajstić information content (AvgIpc) is 2.23. The number of aromatic nitrogens is 2. The van der Waals surface area contributed by atoms with Gasteiger partial charge in [0.1, 0.15) is 6.04 Å². The Bertz CT molecular complexity index is 525. The first-order valence-corrected chi connectivity index (χ1v) is 5.29. The molecule has 0 aliphatic rings. The monoisotopic (exact) mass is 279 g/mol. The number of hydrogen-bond acceptors (Lipinski definition) is 4. The van der Waals surface area contributed by atoms with Crippen molar-refractivity contribution in [3.05, 3.63) is 22.1 Å². The minimum atomic E-state index is -4.78. The number of carboxylic acids is 1. The first kappa shape index (κ1) is 15.0. The number of nitrogens with one attached hydrogen (secondary N) is 2. The highest BCUT2D eigenvalue weighted by Crippen LogP contribution is 2.26. The molecular formula is C10H12F3N3O3. The first-order valence-electron chi connectivity index (χ1n) is 5.29. The van der Waals surface area contributed by atoms with E-state index in [0.29, 0.717) is 6.07 Å². The van der Waals surface area contributed by atoms with Crippen LogP contribution in [0.15, 0.2) is 10.9 Å². The molecule has 0 saturated carbocycles. The normalized spacial score (nSPS) is 13.4. The summed E-state index contributed by atoms with van der Waals surface area (Å²) < 4.78 is 37.3. The van der Waals surface area contributed by atoms with Gasteiger partial charge in [0.25, 0.3) is 5.56 Å². The molecule has 0 saturated heterocycles. The number of anilines is 1. The molecule has 1 rings (SSSR count). The smallest absolute Gasteiger partial charge is 0.433 e. The Morgan fingerprint density at radius 2 is 2.05 bits per heavy atom. The van der Waals surface area contributed by atoms with Crippen LogP contribution in [0.4, 0.5) is 19.1 Å². The fraction of sp³-hybridized carbons (Fsp3) is 0.500. The van der Waals surface area contributed by atoms with E-state index in [0.717, 1.165) is 0 Å². The SMILES string of the molecule is CC(C)C(Nc1nc(C(F)(F)F)cc(=O)[nH]1)C(=O)O. The molecule has 1 unspecified atom stereocenters. The minimum Gasteiger partial charge on any atom is -0.480 e. The van der Waals surface area contributed by atoms with Gasteiger partial charge in [0.05, 0.1) is 0 Å². The van der Waals surface area contributed by atoms with Gasteiger partial charge in [-0.3, -0.25) is 9.78 Å². The summed E-state index contributed by atoms with van der Waals surface area (Å²) in [5.74, 6) is -2.19. The summed E-state index contributed by atoms with van der Waals surface area (Å²) in [6.07, 6.45) is -4.78. The molecule has 1 aromatic heterocycles. The van der Waals surface area contributed by atoms with Gasteiger partial charge in [-0.1, -0.05) is 13.8 Å². The van der Waals surface area contributed by atoms with Gasteiger partial charge in [-0.25, -0.2) is 9.78 Å². The van der Waals surface area contributed by atoms with Crippen molar-refractivity contribution >= 4 is 11.9 Å². The number of nitrogens with zero attached hydrogens (tertiary/aromatic N) is 1. The van der Waals surface area contributed by atoms with E-state index in [2.05, 4.69) is 10.3 Å². The lowest BCUT2D eigenvalue weighted by atomic mass is 10.1. The topological polar surface area (TPSA) is 95.1 Å². The summed E-state index contributed by atoms with van der Waals surface area (Å²) in [5, 5.41) is 11.2. The highest BCUT2D eigenvalue weighted by molar-refractivity contribution is 5.76. The first-order chi connectivity index (χ1) is 8.61. The summed E-state index contributed by atoms with van der Waals surface area (Å²) in [5.41, 5.74) is -2.40. The maximum absolute atomic E-state index is 12.4. The molecule has 0 aliphatic carbocycles. The van der Waals surface area contributed by atoms with Crippen molar-refractivity contribution in [3.8, 4) is 0 Å². The molecule has 0 aliphatic heterocycles. The van der Waals surface area contributed by atoms with Gasteiger partial charge in [-0.2, -0.15) is 13.2 Å². The Kier molecular flexibility index (Phi) is 4.17. The van der Waals surface area contributed by atoms with Crippen LogP contribution in [0.5, 0.6) is 0 Å². The van der Waals surface area contributed by atoms with Gasteiger partial charge >= 0.3 is 12.1 Å². The van der Waals surface area contributed by atoms with Gasteiger partial charge in [-0.15, -0.1) is 0 Å². The van der Waals surface area contributed by atoms with Crippen molar-refractivity contribution in [1.82, 2.24) is 9.97 Å². The maximum Gasteiger partial charge on any atom is 0.433 e. The van der Waals surface area contributed by atoms with Crippen LogP contribution in [-0.2, 0) is 11.0 Å². The molecule has 1 atom stereocenters. The molecule has 0 amide bonds. The number of alkyl halides is 3. The zero-order valence-electron chi connectivity index (χ0n) is 10.1. The molecule has 0 bridgehead atoms.